The zero-order chi connectivity index (χ0) is 20.9. The van der Waals surface area contributed by atoms with E-state index in [1.165, 1.54) is 35.2 Å². The highest BCUT2D eigenvalue weighted by atomic mass is 32.2. The van der Waals surface area contributed by atoms with Crippen LogP contribution in [0.15, 0.2) is 57.4 Å². The van der Waals surface area contributed by atoms with Crippen LogP contribution in [0.25, 0.3) is 11.4 Å². The van der Waals surface area contributed by atoms with Gasteiger partial charge >= 0.3 is 0 Å². The maximum atomic E-state index is 10.9. The van der Waals surface area contributed by atoms with Crippen LogP contribution in [0.1, 0.15) is 5.89 Å². The average Bonchev–Trinajstić information content (AvgIpc) is 3.42. The Kier molecular flexibility index (Phi) is 5.86. The van der Waals surface area contributed by atoms with Crippen molar-refractivity contribution in [3.8, 4) is 17.1 Å². The lowest BCUT2D eigenvalue weighted by Gasteiger charge is -2.03. The number of nitrogens with one attached hydrogen (secondary N) is 1. The SMILES string of the molecule is COc1ccc(Nc2nnc(SCc3nc(-c4cccc([N+](=O)[O-])c4)no3)s2)cc1. The molecule has 0 fully saturated rings. The number of hydrogen-bond acceptors (Lipinski definition) is 11. The predicted molar refractivity (Wildman–Crippen MR) is 112 cm³/mol. The second kappa shape index (κ2) is 8.88. The summed E-state index contributed by atoms with van der Waals surface area (Å²) >= 11 is 2.81. The van der Waals surface area contributed by atoms with E-state index in [1.807, 2.05) is 24.3 Å². The summed E-state index contributed by atoms with van der Waals surface area (Å²) in [6.07, 6.45) is 0. The van der Waals surface area contributed by atoms with Gasteiger partial charge in [0, 0.05) is 23.4 Å². The Morgan fingerprint density at radius 2 is 2.07 bits per heavy atom. The number of benzene rings is 2. The van der Waals surface area contributed by atoms with Crippen LogP contribution in [-0.4, -0.2) is 32.4 Å². The van der Waals surface area contributed by atoms with Crippen LogP contribution in [0.2, 0.25) is 0 Å². The monoisotopic (exact) mass is 442 g/mol. The molecule has 0 bridgehead atoms. The smallest absolute Gasteiger partial charge is 0.270 e. The zero-order valence-corrected chi connectivity index (χ0v) is 17.1. The molecule has 1 N–H and O–H groups in total. The number of non-ortho nitro benzene ring substituents is 1. The van der Waals surface area contributed by atoms with E-state index < -0.39 is 4.92 Å². The third-order valence-electron chi connectivity index (χ3n) is 3.85. The molecule has 2 heterocycles. The van der Waals surface area contributed by atoms with Crippen LogP contribution in [0.3, 0.4) is 0 Å². The van der Waals surface area contributed by atoms with Gasteiger partial charge in [0.1, 0.15) is 5.75 Å². The molecule has 2 aromatic heterocycles. The summed E-state index contributed by atoms with van der Waals surface area (Å²) in [5.41, 5.74) is 1.37. The lowest BCUT2D eigenvalue weighted by molar-refractivity contribution is -0.384. The van der Waals surface area contributed by atoms with E-state index in [-0.39, 0.29) is 5.69 Å². The van der Waals surface area contributed by atoms with Crippen LogP contribution in [0.4, 0.5) is 16.5 Å². The number of hydrogen-bond donors (Lipinski definition) is 1. The molecular weight excluding hydrogens is 428 g/mol. The van der Waals surface area contributed by atoms with Gasteiger partial charge in [-0.3, -0.25) is 10.1 Å². The molecule has 12 heteroatoms. The zero-order valence-electron chi connectivity index (χ0n) is 15.5. The number of ether oxygens (including phenoxy) is 1. The Morgan fingerprint density at radius 1 is 1.23 bits per heavy atom. The molecule has 0 saturated heterocycles. The summed E-state index contributed by atoms with van der Waals surface area (Å²) in [4.78, 5) is 14.7. The summed E-state index contributed by atoms with van der Waals surface area (Å²) in [5, 5.41) is 26.9. The first kappa shape index (κ1) is 19.8. The molecule has 0 spiro atoms. The summed E-state index contributed by atoms with van der Waals surface area (Å²) in [5.74, 6) is 1.87. The maximum absolute atomic E-state index is 10.9. The third-order valence-corrected chi connectivity index (χ3v) is 5.81. The first-order chi connectivity index (χ1) is 14.6. The van der Waals surface area contributed by atoms with Gasteiger partial charge in [-0.2, -0.15) is 4.98 Å². The standard InChI is InChI=1S/C18H14N6O4S2/c1-27-14-7-5-12(6-8-14)19-17-21-22-18(30-17)29-10-15-20-16(23-28-15)11-3-2-4-13(9-11)24(25)26/h2-9H,10H2,1H3,(H,19,21). The molecule has 2 aromatic carbocycles. The molecule has 0 aliphatic heterocycles. The molecule has 0 amide bonds. The molecule has 0 saturated carbocycles. The quantitative estimate of drug-likeness (QED) is 0.236. The fourth-order valence-corrected chi connectivity index (χ4v) is 4.04. The van der Waals surface area contributed by atoms with Crippen molar-refractivity contribution in [2.75, 3.05) is 12.4 Å². The molecule has 0 radical (unpaired) electrons. The van der Waals surface area contributed by atoms with Gasteiger partial charge in [0.25, 0.3) is 5.69 Å². The van der Waals surface area contributed by atoms with Crippen molar-refractivity contribution < 1.29 is 14.2 Å². The largest absolute Gasteiger partial charge is 0.497 e. The molecule has 0 aliphatic carbocycles. The Hall–Kier alpha value is -3.51. The third kappa shape index (κ3) is 4.72. The predicted octanol–water partition coefficient (Wildman–Crippen LogP) is 4.54. The fourth-order valence-electron chi connectivity index (χ4n) is 2.43. The van der Waals surface area contributed by atoms with Gasteiger partial charge in [-0.1, -0.05) is 40.4 Å². The number of nitro groups is 1. The van der Waals surface area contributed by atoms with Crippen LogP contribution < -0.4 is 10.1 Å². The van der Waals surface area contributed by atoms with Gasteiger partial charge < -0.3 is 14.6 Å². The number of rotatable bonds is 8. The Bertz CT molecular complexity index is 1160. The maximum Gasteiger partial charge on any atom is 0.270 e. The summed E-state index contributed by atoms with van der Waals surface area (Å²) in [6, 6.07) is 13.6. The van der Waals surface area contributed by atoms with E-state index in [4.69, 9.17) is 9.26 Å². The van der Waals surface area contributed by atoms with E-state index in [0.29, 0.717) is 28.2 Å². The second-order valence-corrected chi connectivity index (χ2v) is 8.03. The van der Waals surface area contributed by atoms with E-state index in [1.54, 1.807) is 19.2 Å². The molecule has 0 aliphatic rings. The second-order valence-electron chi connectivity index (χ2n) is 5.83. The molecule has 4 rings (SSSR count). The highest BCUT2D eigenvalue weighted by molar-refractivity contribution is 8.00. The average molecular weight is 442 g/mol. The molecular formula is C18H14N6O4S2. The molecule has 30 heavy (non-hydrogen) atoms. The summed E-state index contributed by atoms with van der Waals surface area (Å²) in [7, 11) is 1.62. The van der Waals surface area contributed by atoms with E-state index in [9.17, 15) is 10.1 Å². The van der Waals surface area contributed by atoms with Crippen molar-refractivity contribution in [1.29, 1.82) is 0 Å². The molecule has 10 nitrogen and oxygen atoms in total. The lowest BCUT2D eigenvalue weighted by atomic mass is 10.2. The van der Waals surface area contributed by atoms with Gasteiger partial charge in [0.05, 0.1) is 17.8 Å². The first-order valence-corrected chi connectivity index (χ1v) is 10.4. The van der Waals surface area contributed by atoms with E-state index in [2.05, 4.69) is 25.7 Å². The lowest BCUT2D eigenvalue weighted by Crippen LogP contribution is -1.89. The number of methoxy groups -OCH3 is 1. The minimum atomic E-state index is -0.465. The molecule has 0 unspecified atom stereocenters. The summed E-state index contributed by atoms with van der Waals surface area (Å²) < 4.78 is 11.1. The highest BCUT2D eigenvalue weighted by Crippen LogP contribution is 2.30. The van der Waals surface area contributed by atoms with Gasteiger partial charge in [-0.15, -0.1) is 10.2 Å². The van der Waals surface area contributed by atoms with E-state index in [0.717, 1.165) is 15.8 Å². The minimum Gasteiger partial charge on any atom is -0.497 e. The van der Waals surface area contributed by atoms with Crippen LogP contribution in [0.5, 0.6) is 5.75 Å². The summed E-state index contributed by atoms with van der Waals surface area (Å²) in [6.45, 7) is 0. The van der Waals surface area contributed by atoms with Gasteiger partial charge in [0.15, 0.2) is 4.34 Å². The number of thioether (sulfide) groups is 1. The first-order valence-electron chi connectivity index (χ1n) is 8.55. The van der Waals surface area contributed by atoms with Crippen LogP contribution in [0, 0.1) is 10.1 Å². The van der Waals surface area contributed by atoms with Gasteiger partial charge in [-0.05, 0) is 24.3 Å². The number of nitro benzene ring substituents is 1. The number of nitrogens with zero attached hydrogens (tertiary/aromatic N) is 5. The van der Waals surface area contributed by atoms with Crippen molar-refractivity contribution in [3.63, 3.8) is 0 Å². The number of aromatic nitrogens is 4. The Morgan fingerprint density at radius 3 is 2.83 bits per heavy atom. The van der Waals surface area contributed by atoms with Crippen LogP contribution in [-0.2, 0) is 5.75 Å². The minimum absolute atomic E-state index is 0.0287. The van der Waals surface area contributed by atoms with Crippen LogP contribution >= 0.6 is 23.1 Å². The molecule has 152 valence electrons. The van der Waals surface area contributed by atoms with Crippen molar-refractivity contribution in [1.82, 2.24) is 20.3 Å². The highest BCUT2D eigenvalue weighted by Gasteiger charge is 2.14. The number of anilines is 2. The van der Waals surface area contributed by atoms with Gasteiger partial charge in [0.2, 0.25) is 16.8 Å². The fraction of sp³-hybridized carbons (Fsp3) is 0.111. The van der Waals surface area contributed by atoms with Gasteiger partial charge in [-0.25, -0.2) is 0 Å². The topological polar surface area (TPSA) is 129 Å². The van der Waals surface area contributed by atoms with E-state index >= 15 is 0 Å². The van der Waals surface area contributed by atoms with Crippen molar-refractivity contribution in [3.05, 3.63) is 64.5 Å². The van der Waals surface area contributed by atoms with Crippen molar-refractivity contribution in [2.24, 2.45) is 0 Å². The van der Waals surface area contributed by atoms with Crippen molar-refractivity contribution >= 4 is 39.6 Å². The molecule has 0 atom stereocenters. The molecule has 4 aromatic rings. The Balaban J connectivity index is 1.36. The van der Waals surface area contributed by atoms with Crippen molar-refractivity contribution in [2.45, 2.75) is 10.1 Å². The normalized spacial score (nSPS) is 10.7. The Labute approximate surface area is 178 Å².